The van der Waals surface area contributed by atoms with Crippen LogP contribution in [-0.4, -0.2) is 29.6 Å². The molecule has 1 aromatic heterocycles. The Hall–Kier alpha value is -1.39. The van der Waals surface area contributed by atoms with Crippen LogP contribution in [0.1, 0.15) is 46.0 Å². The van der Waals surface area contributed by atoms with Gasteiger partial charge in [-0.3, -0.25) is 0 Å². The molecule has 0 atom stereocenters. The summed E-state index contributed by atoms with van der Waals surface area (Å²) in [6, 6.07) is 0.419. The van der Waals surface area contributed by atoms with Gasteiger partial charge >= 0.3 is 0 Å². The molecular weight excluding hydrogens is 255 g/mol. The van der Waals surface area contributed by atoms with E-state index in [-0.39, 0.29) is 5.82 Å². The van der Waals surface area contributed by atoms with Gasteiger partial charge in [-0.1, -0.05) is 26.7 Å². The van der Waals surface area contributed by atoms with Crippen molar-refractivity contribution in [3.8, 4) is 0 Å². The smallest absolute Gasteiger partial charge is 0.224 e. The van der Waals surface area contributed by atoms with Crippen LogP contribution in [0, 0.1) is 11.7 Å². The van der Waals surface area contributed by atoms with Crippen molar-refractivity contribution in [2.24, 2.45) is 5.92 Å². The van der Waals surface area contributed by atoms with Crippen LogP contribution in [0.25, 0.3) is 0 Å². The molecule has 1 aliphatic carbocycles. The fourth-order valence-corrected chi connectivity index (χ4v) is 2.75. The molecule has 0 spiro atoms. The van der Waals surface area contributed by atoms with Crippen LogP contribution in [0.15, 0.2) is 6.20 Å². The molecule has 0 radical (unpaired) electrons. The average molecular weight is 280 g/mol. The van der Waals surface area contributed by atoms with E-state index < -0.39 is 0 Å². The van der Waals surface area contributed by atoms with Crippen LogP contribution >= 0.6 is 0 Å². The molecule has 1 saturated carbocycles. The van der Waals surface area contributed by atoms with Gasteiger partial charge in [-0.15, -0.1) is 0 Å². The Morgan fingerprint density at radius 1 is 1.40 bits per heavy atom. The van der Waals surface area contributed by atoms with E-state index in [0.29, 0.717) is 23.7 Å². The molecule has 1 aliphatic rings. The lowest BCUT2D eigenvalue weighted by atomic mass is 10.1. The standard InChI is InChI=1S/C15H25FN4/c1-11(2)8-9-20(12-6-4-5-7-12)14-13(16)10-18-15(17-3)19-14/h10-12H,4-9H2,1-3H3,(H,17,18,19). The van der Waals surface area contributed by atoms with Crippen molar-refractivity contribution in [1.29, 1.82) is 0 Å². The summed E-state index contributed by atoms with van der Waals surface area (Å²) < 4.78 is 14.1. The number of anilines is 2. The maximum Gasteiger partial charge on any atom is 0.224 e. The normalized spacial score (nSPS) is 15.8. The number of aromatic nitrogens is 2. The van der Waals surface area contributed by atoms with Crippen LogP contribution in [0.4, 0.5) is 16.2 Å². The van der Waals surface area contributed by atoms with Crippen LogP contribution in [0.5, 0.6) is 0 Å². The van der Waals surface area contributed by atoms with Gasteiger partial charge in [0.2, 0.25) is 5.95 Å². The average Bonchev–Trinajstić information content (AvgIpc) is 2.94. The van der Waals surface area contributed by atoms with E-state index in [9.17, 15) is 4.39 Å². The van der Waals surface area contributed by atoms with Gasteiger partial charge in [0.1, 0.15) is 0 Å². The van der Waals surface area contributed by atoms with Crippen molar-refractivity contribution in [1.82, 2.24) is 9.97 Å². The van der Waals surface area contributed by atoms with E-state index in [1.165, 1.54) is 19.0 Å². The highest BCUT2D eigenvalue weighted by atomic mass is 19.1. The van der Waals surface area contributed by atoms with Gasteiger partial charge in [0, 0.05) is 19.6 Å². The van der Waals surface area contributed by atoms with E-state index >= 15 is 0 Å². The van der Waals surface area contributed by atoms with E-state index in [1.54, 1.807) is 7.05 Å². The summed E-state index contributed by atoms with van der Waals surface area (Å²) >= 11 is 0. The van der Waals surface area contributed by atoms with E-state index in [4.69, 9.17) is 0 Å². The highest BCUT2D eigenvalue weighted by molar-refractivity contribution is 5.45. The van der Waals surface area contributed by atoms with Crippen molar-refractivity contribution >= 4 is 11.8 Å². The summed E-state index contributed by atoms with van der Waals surface area (Å²) in [7, 11) is 1.76. The van der Waals surface area contributed by atoms with Gasteiger partial charge in [0.25, 0.3) is 0 Å². The first kappa shape index (κ1) is 15.0. The largest absolute Gasteiger partial charge is 0.357 e. The first-order chi connectivity index (χ1) is 9.61. The zero-order chi connectivity index (χ0) is 14.5. The van der Waals surface area contributed by atoms with Crippen molar-refractivity contribution < 1.29 is 4.39 Å². The molecule has 0 bridgehead atoms. The first-order valence-corrected chi connectivity index (χ1v) is 7.58. The fraction of sp³-hybridized carbons (Fsp3) is 0.733. The Morgan fingerprint density at radius 2 is 2.10 bits per heavy atom. The first-order valence-electron chi connectivity index (χ1n) is 7.58. The number of halogens is 1. The second-order valence-corrected chi connectivity index (χ2v) is 5.93. The van der Waals surface area contributed by atoms with Crippen molar-refractivity contribution in [3.05, 3.63) is 12.0 Å². The Kier molecular flexibility index (Phi) is 5.15. The Bertz CT molecular complexity index is 430. The van der Waals surface area contributed by atoms with Gasteiger partial charge in [0.05, 0.1) is 6.20 Å². The molecule has 2 rings (SSSR count). The quantitative estimate of drug-likeness (QED) is 0.866. The molecule has 0 unspecified atom stereocenters. The Morgan fingerprint density at radius 3 is 2.70 bits per heavy atom. The van der Waals surface area contributed by atoms with E-state index in [1.807, 2.05) is 0 Å². The zero-order valence-corrected chi connectivity index (χ0v) is 12.7. The summed E-state index contributed by atoms with van der Waals surface area (Å²) in [4.78, 5) is 10.4. The molecule has 1 N–H and O–H groups in total. The molecular formula is C15H25FN4. The minimum atomic E-state index is -0.320. The molecule has 1 aromatic rings. The maximum atomic E-state index is 14.1. The Labute approximate surface area is 120 Å². The molecule has 112 valence electrons. The maximum absolute atomic E-state index is 14.1. The minimum Gasteiger partial charge on any atom is -0.357 e. The van der Waals surface area contributed by atoms with Crippen LogP contribution in [0.2, 0.25) is 0 Å². The number of hydrogen-bond acceptors (Lipinski definition) is 4. The summed E-state index contributed by atoms with van der Waals surface area (Å²) in [5, 5.41) is 2.89. The molecule has 0 aromatic carbocycles. The van der Waals surface area contributed by atoms with Gasteiger partial charge in [-0.05, 0) is 25.2 Å². The van der Waals surface area contributed by atoms with Crippen molar-refractivity contribution in [2.75, 3.05) is 23.8 Å². The third kappa shape index (κ3) is 3.58. The lowest BCUT2D eigenvalue weighted by molar-refractivity contribution is 0.510. The third-order valence-corrected chi connectivity index (χ3v) is 3.93. The summed E-state index contributed by atoms with van der Waals surface area (Å²) in [6.45, 7) is 5.25. The van der Waals surface area contributed by atoms with Gasteiger partial charge < -0.3 is 10.2 Å². The Balaban J connectivity index is 2.24. The zero-order valence-electron chi connectivity index (χ0n) is 12.7. The van der Waals surface area contributed by atoms with Gasteiger partial charge in [-0.25, -0.2) is 9.37 Å². The number of hydrogen-bond donors (Lipinski definition) is 1. The second kappa shape index (κ2) is 6.86. The number of rotatable bonds is 6. The number of nitrogens with one attached hydrogen (secondary N) is 1. The highest BCUT2D eigenvalue weighted by Crippen LogP contribution is 2.29. The molecule has 0 amide bonds. The molecule has 0 saturated heterocycles. The van der Waals surface area contributed by atoms with Crippen molar-refractivity contribution in [2.45, 2.75) is 52.0 Å². The molecule has 5 heteroatoms. The predicted octanol–water partition coefficient (Wildman–Crippen LogP) is 3.45. The van der Waals surface area contributed by atoms with Gasteiger partial charge in [0.15, 0.2) is 11.6 Å². The highest BCUT2D eigenvalue weighted by Gasteiger charge is 2.26. The SMILES string of the molecule is CNc1ncc(F)c(N(CCC(C)C)C2CCCC2)n1. The lowest BCUT2D eigenvalue weighted by Gasteiger charge is -2.31. The number of nitrogens with zero attached hydrogens (tertiary/aromatic N) is 3. The minimum absolute atomic E-state index is 0.320. The van der Waals surface area contributed by atoms with Crippen molar-refractivity contribution in [3.63, 3.8) is 0 Å². The summed E-state index contributed by atoms with van der Waals surface area (Å²) in [5.41, 5.74) is 0. The van der Waals surface area contributed by atoms with Crippen LogP contribution in [-0.2, 0) is 0 Å². The lowest BCUT2D eigenvalue weighted by Crippen LogP contribution is -2.36. The second-order valence-electron chi connectivity index (χ2n) is 5.93. The molecule has 20 heavy (non-hydrogen) atoms. The third-order valence-electron chi connectivity index (χ3n) is 3.93. The summed E-state index contributed by atoms with van der Waals surface area (Å²) in [5.74, 6) is 1.22. The molecule has 4 nitrogen and oxygen atoms in total. The van der Waals surface area contributed by atoms with Crippen LogP contribution in [0.3, 0.4) is 0 Å². The summed E-state index contributed by atoms with van der Waals surface area (Å²) in [6.07, 6.45) is 7.05. The fourth-order valence-electron chi connectivity index (χ4n) is 2.75. The van der Waals surface area contributed by atoms with Gasteiger partial charge in [-0.2, -0.15) is 4.98 Å². The van der Waals surface area contributed by atoms with Crippen LogP contribution < -0.4 is 10.2 Å². The monoisotopic (exact) mass is 280 g/mol. The van der Waals surface area contributed by atoms with E-state index in [0.717, 1.165) is 25.8 Å². The molecule has 1 heterocycles. The topological polar surface area (TPSA) is 41.1 Å². The molecule has 0 aliphatic heterocycles. The molecule has 1 fully saturated rings. The van der Waals surface area contributed by atoms with E-state index in [2.05, 4.69) is 34.0 Å². The predicted molar refractivity (Wildman–Crippen MR) is 80.6 cm³/mol.